The second-order valence-electron chi connectivity index (χ2n) is 3.26. The zero-order chi connectivity index (χ0) is 11.4. The van der Waals surface area contributed by atoms with E-state index in [1.807, 2.05) is 31.2 Å². The van der Waals surface area contributed by atoms with Crippen LogP contribution in [0.4, 0.5) is 5.69 Å². The van der Waals surface area contributed by atoms with Gasteiger partial charge in [-0.05, 0) is 19.1 Å². The van der Waals surface area contributed by atoms with Gasteiger partial charge in [0.1, 0.15) is 0 Å². The maximum absolute atomic E-state index is 4.72. The van der Waals surface area contributed by atoms with Crippen molar-refractivity contribution in [2.24, 2.45) is 0 Å². The molecule has 0 spiro atoms. The molecule has 0 unspecified atom stereocenters. The number of anilines is 1. The molecule has 84 valence electrons. The van der Waals surface area contributed by atoms with Gasteiger partial charge in [-0.3, -0.25) is 10.3 Å². The van der Waals surface area contributed by atoms with Crippen LogP contribution in [0.1, 0.15) is 5.01 Å². The molecule has 0 atom stereocenters. The Morgan fingerprint density at radius 1 is 1.38 bits per heavy atom. The molecule has 0 aliphatic carbocycles. The highest BCUT2D eigenvalue weighted by molar-refractivity contribution is 7.09. The van der Waals surface area contributed by atoms with Crippen LogP contribution in [-0.2, 0) is 4.84 Å². The first-order valence-electron chi connectivity index (χ1n) is 4.86. The van der Waals surface area contributed by atoms with Crippen LogP contribution in [-0.4, -0.2) is 12.1 Å². The highest BCUT2D eigenvalue weighted by Gasteiger charge is 2.02. The van der Waals surface area contributed by atoms with Crippen LogP contribution in [0.25, 0.3) is 11.3 Å². The van der Waals surface area contributed by atoms with Crippen molar-refractivity contribution in [1.29, 1.82) is 0 Å². The molecule has 0 fully saturated rings. The Morgan fingerprint density at radius 3 is 2.94 bits per heavy atom. The lowest BCUT2D eigenvalue weighted by Gasteiger charge is -2.06. The third kappa shape index (κ3) is 2.57. The third-order valence-corrected chi connectivity index (χ3v) is 2.85. The summed E-state index contributed by atoms with van der Waals surface area (Å²) in [5.74, 6) is 0. The van der Waals surface area contributed by atoms with E-state index in [-0.39, 0.29) is 0 Å². The smallest absolute Gasteiger partial charge is 0.0901 e. The third-order valence-electron chi connectivity index (χ3n) is 2.07. The summed E-state index contributed by atoms with van der Waals surface area (Å²) in [7, 11) is 1.56. The molecule has 0 radical (unpaired) electrons. The van der Waals surface area contributed by atoms with Crippen molar-refractivity contribution >= 4 is 17.0 Å². The standard InChI is InChI=1S/C11H13N3OS/c1-8-12-11(7-16-8)9-4-3-5-10(6-9)13-14-15-2/h3-7,13-14H,1-2H3. The summed E-state index contributed by atoms with van der Waals surface area (Å²) in [6, 6.07) is 7.98. The molecule has 0 saturated heterocycles. The van der Waals surface area contributed by atoms with Gasteiger partial charge in [-0.2, -0.15) is 0 Å². The van der Waals surface area contributed by atoms with Crippen molar-refractivity contribution in [3.05, 3.63) is 34.7 Å². The summed E-state index contributed by atoms with van der Waals surface area (Å²) < 4.78 is 0. The van der Waals surface area contributed by atoms with Crippen LogP contribution in [0.5, 0.6) is 0 Å². The number of nitrogens with zero attached hydrogens (tertiary/aromatic N) is 1. The van der Waals surface area contributed by atoms with Crippen LogP contribution in [0.2, 0.25) is 0 Å². The number of hydrogen-bond donors (Lipinski definition) is 2. The van der Waals surface area contributed by atoms with Crippen molar-refractivity contribution in [2.75, 3.05) is 12.5 Å². The van der Waals surface area contributed by atoms with E-state index in [2.05, 4.69) is 21.4 Å². The summed E-state index contributed by atoms with van der Waals surface area (Å²) in [6.07, 6.45) is 0. The highest BCUT2D eigenvalue weighted by Crippen LogP contribution is 2.23. The molecule has 2 aromatic rings. The van der Waals surface area contributed by atoms with Gasteiger partial charge < -0.3 is 0 Å². The lowest BCUT2D eigenvalue weighted by atomic mass is 10.1. The maximum Gasteiger partial charge on any atom is 0.0901 e. The molecule has 0 aliphatic rings. The monoisotopic (exact) mass is 235 g/mol. The first-order valence-corrected chi connectivity index (χ1v) is 5.74. The predicted molar refractivity (Wildman–Crippen MR) is 66.1 cm³/mol. The van der Waals surface area contributed by atoms with E-state index in [9.17, 15) is 0 Å². The van der Waals surface area contributed by atoms with Crippen LogP contribution in [0.3, 0.4) is 0 Å². The largest absolute Gasteiger partial charge is 0.299 e. The molecule has 1 heterocycles. The maximum atomic E-state index is 4.72. The first-order chi connectivity index (χ1) is 7.79. The fraction of sp³-hybridized carbons (Fsp3) is 0.182. The van der Waals surface area contributed by atoms with Gasteiger partial charge in [-0.15, -0.1) is 16.9 Å². The Balaban J connectivity index is 2.22. The minimum atomic E-state index is 0.935. The predicted octanol–water partition coefficient (Wildman–Crippen LogP) is 2.60. The summed E-state index contributed by atoms with van der Waals surface area (Å²) in [4.78, 5) is 9.16. The first kappa shape index (κ1) is 11.1. The van der Waals surface area contributed by atoms with Crippen molar-refractivity contribution in [1.82, 2.24) is 10.6 Å². The number of nitrogens with one attached hydrogen (secondary N) is 2. The average molecular weight is 235 g/mol. The van der Waals surface area contributed by atoms with E-state index < -0.39 is 0 Å². The minimum absolute atomic E-state index is 0.935. The fourth-order valence-electron chi connectivity index (χ4n) is 1.36. The van der Waals surface area contributed by atoms with E-state index in [1.54, 1.807) is 18.4 Å². The molecule has 1 aromatic heterocycles. The number of hydrazine groups is 1. The Kier molecular flexibility index (Phi) is 3.51. The Bertz CT molecular complexity index is 470. The van der Waals surface area contributed by atoms with Crippen molar-refractivity contribution < 1.29 is 4.84 Å². The molecule has 2 N–H and O–H groups in total. The summed E-state index contributed by atoms with van der Waals surface area (Å²) in [5.41, 5.74) is 8.52. The van der Waals surface area contributed by atoms with Crippen molar-refractivity contribution in [2.45, 2.75) is 6.92 Å². The van der Waals surface area contributed by atoms with Crippen LogP contribution in [0, 0.1) is 6.92 Å². The van der Waals surface area contributed by atoms with E-state index in [4.69, 9.17) is 4.84 Å². The average Bonchev–Trinajstić information content (AvgIpc) is 2.74. The van der Waals surface area contributed by atoms with E-state index in [1.165, 1.54) is 0 Å². The lowest BCUT2D eigenvalue weighted by Crippen LogP contribution is -2.19. The van der Waals surface area contributed by atoms with Crippen LogP contribution in [0.15, 0.2) is 29.6 Å². The number of aromatic nitrogens is 1. The second kappa shape index (κ2) is 5.07. The number of hydrogen-bond acceptors (Lipinski definition) is 5. The van der Waals surface area contributed by atoms with Gasteiger partial charge in [0, 0.05) is 10.9 Å². The molecule has 1 aromatic carbocycles. The van der Waals surface area contributed by atoms with Gasteiger partial charge in [0.05, 0.1) is 23.5 Å². The van der Waals surface area contributed by atoms with Crippen molar-refractivity contribution in [3.8, 4) is 11.3 Å². The van der Waals surface area contributed by atoms with E-state index >= 15 is 0 Å². The zero-order valence-electron chi connectivity index (χ0n) is 9.15. The summed E-state index contributed by atoms with van der Waals surface area (Å²) in [6.45, 7) is 2.00. The fourth-order valence-corrected chi connectivity index (χ4v) is 1.98. The zero-order valence-corrected chi connectivity index (χ0v) is 9.97. The minimum Gasteiger partial charge on any atom is -0.299 e. The van der Waals surface area contributed by atoms with Gasteiger partial charge in [0.25, 0.3) is 0 Å². The van der Waals surface area contributed by atoms with Gasteiger partial charge in [-0.25, -0.2) is 4.98 Å². The normalized spacial score (nSPS) is 10.4. The van der Waals surface area contributed by atoms with Gasteiger partial charge in [0.15, 0.2) is 0 Å². The number of thiazole rings is 1. The molecular weight excluding hydrogens is 222 g/mol. The van der Waals surface area contributed by atoms with Crippen LogP contribution >= 0.6 is 11.3 Å². The summed E-state index contributed by atoms with van der Waals surface area (Å²) >= 11 is 1.65. The molecule has 0 saturated carbocycles. The summed E-state index contributed by atoms with van der Waals surface area (Å²) in [5, 5.41) is 3.13. The molecule has 0 bridgehead atoms. The second-order valence-corrected chi connectivity index (χ2v) is 4.33. The number of rotatable bonds is 4. The number of aryl methyl sites for hydroxylation is 1. The van der Waals surface area contributed by atoms with Gasteiger partial charge >= 0.3 is 0 Å². The molecule has 5 heteroatoms. The Hall–Kier alpha value is -1.43. The highest BCUT2D eigenvalue weighted by atomic mass is 32.1. The van der Waals surface area contributed by atoms with E-state index in [0.717, 1.165) is 22.0 Å². The molecule has 0 aliphatic heterocycles. The Labute approximate surface area is 98.2 Å². The molecule has 0 amide bonds. The topological polar surface area (TPSA) is 46.2 Å². The molecule has 16 heavy (non-hydrogen) atoms. The SMILES string of the molecule is CONNc1cccc(-c2csc(C)n2)c1. The Morgan fingerprint density at radius 2 is 2.25 bits per heavy atom. The van der Waals surface area contributed by atoms with Crippen molar-refractivity contribution in [3.63, 3.8) is 0 Å². The van der Waals surface area contributed by atoms with Crippen LogP contribution < -0.4 is 11.0 Å². The van der Waals surface area contributed by atoms with Gasteiger partial charge in [-0.1, -0.05) is 12.1 Å². The lowest BCUT2D eigenvalue weighted by molar-refractivity contribution is 0.111. The van der Waals surface area contributed by atoms with E-state index in [0.29, 0.717) is 0 Å². The molecule has 2 rings (SSSR count). The quantitative estimate of drug-likeness (QED) is 0.800. The van der Waals surface area contributed by atoms with Gasteiger partial charge in [0.2, 0.25) is 0 Å². The molecular formula is C11H13N3OS. The number of benzene rings is 1. The molecule has 4 nitrogen and oxygen atoms in total.